The second-order valence-electron chi connectivity index (χ2n) is 9.14. The van der Waals surface area contributed by atoms with E-state index in [0.717, 1.165) is 43.0 Å². The maximum atomic E-state index is 12.5. The standard InChI is InChI=1S/C24H32N4O2/c1-17-7-10-20(11-8-17)27-22(29)19-9-12-21(25-15-19)28-13-5-6-18(16-28)14-26-23(30)24(2,3)4/h7-12,15,18H,5-6,13-14,16H2,1-4H3,(H,26,30)(H,27,29). The highest BCUT2D eigenvalue weighted by Gasteiger charge is 2.25. The van der Waals surface area contributed by atoms with E-state index in [4.69, 9.17) is 0 Å². The first kappa shape index (κ1) is 21.8. The Morgan fingerprint density at radius 3 is 2.50 bits per heavy atom. The van der Waals surface area contributed by atoms with Gasteiger partial charge in [-0.15, -0.1) is 0 Å². The summed E-state index contributed by atoms with van der Waals surface area (Å²) in [7, 11) is 0. The van der Waals surface area contributed by atoms with Gasteiger partial charge in [0.05, 0.1) is 5.56 Å². The number of carbonyl (C=O) groups excluding carboxylic acids is 2. The predicted octanol–water partition coefficient (Wildman–Crippen LogP) is 4.02. The van der Waals surface area contributed by atoms with Gasteiger partial charge in [-0.25, -0.2) is 4.98 Å². The number of pyridine rings is 1. The highest BCUT2D eigenvalue weighted by atomic mass is 16.2. The van der Waals surface area contributed by atoms with Crippen LogP contribution in [0, 0.1) is 18.3 Å². The molecular weight excluding hydrogens is 376 g/mol. The molecular formula is C24H32N4O2. The number of amides is 2. The zero-order valence-electron chi connectivity index (χ0n) is 18.4. The van der Waals surface area contributed by atoms with Crippen molar-refractivity contribution in [3.05, 3.63) is 53.7 Å². The third-order valence-electron chi connectivity index (χ3n) is 5.39. The number of carbonyl (C=O) groups is 2. The molecule has 0 aliphatic carbocycles. The maximum absolute atomic E-state index is 12.5. The fraction of sp³-hybridized carbons (Fsp3) is 0.458. The fourth-order valence-corrected chi connectivity index (χ4v) is 3.49. The van der Waals surface area contributed by atoms with E-state index in [1.165, 1.54) is 0 Å². The molecule has 1 unspecified atom stereocenters. The zero-order valence-corrected chi connectivity index (χ0v) is 18.4. The number of nitrogens with one attached hydrogen (secondary N) is 2. The van der Waals surface area contributed by atoms with E-state index in [2.05, 4.69) is 20.5 Å². The van der Waals surface area contributed by atoms with Crippen molar-refractivity contribution >= 4 is 23.3 Å². The first-order valence-corrected chi connectivity index (χ1v) is 10.6. The summed E-state index contributed by atoms with van der Waals surface area (Å²) < 4.78 is 0. The van der Waals surface area contributed by atoms with Crippen molar-refractivity contribution < 1.29 is 9.59 Å². The normalized spacial score (nSPS) is 16.8. The van der Waals surface area contributed by atoms with E-state index in [-0.39, 0.29) is 17.2 Å². The average Bonchev–Trinajstić information content (AvgIpc) is 2.73. The molecule has 1 aromatic carbocycles. The molecule has 160 valence electrons. The van der Waals surface area contributed by atoms with Crippen LogP contribution in [0.25, 0.3) is 0 Å². The van der Waals surface area contributed by atoms with Crippen LogP contribution in [0.15, 0.2) is 42.6 Å². The van der Waals surface area contributed by atoms with E-state index in [1.54, 1.807) is 6.20 Å². The number of nitrogens with zero attached hydrogens (tertiary/aromatic N) is 2. The molecule has 1 aliphatic rings. The number of benzene rings is 1. The molecule has 0 spiro atoms. The number of aromatic nitrogens is 1. The van der Waals surface area contributed by atoms with Crippen molar-refractivity contribution in [2.45, 2.75) is 40.5 Å². The summed E-state index contributed by atoms with van der Waals surface area (Å²) in [4.78, 5) is 31.4. The SMILES string of the molecule is Cc1ccc(NC(=O)c2ccc(N3CCCC(CNC(=O)C(C)(C)C)C3)nc2)cc1. The fourth-order valence-electron chi connectivity index (χ4n) is 3.49. The first-order chi connectivity index (χ1) is 14.2. The highest BCUT2D eigenvalue weighted by Crippen LogP contribution is 2.22. The number of rotatable bonds is 5. The van der Waals surface area contributed by atoms with Gasteiger partial charge in [-0.2, -0.15) is 0 Å². The molecule has 0 radical (unpaired) electrons. The molecule has 2 aromatic rings. The van der Waals surface area contributed by atoms with Gasteiger partial charge in [-0.05, 0) is 49.9 Å². The van der Waals surface area contributed by atoms with Crippen LogP contribution < -0.4 is 15.5 Å². The third kappa shape index (κ3) is 5.81. The Morgan fingerprint density at radius 1 is 1.13 bits per heavy atom. The summed E-state index contributed by atoms with van der Waals surface area (Å²) in [6.45, 7) is 10.3. The van der Waals surface area contributed by atoms with Gasteiger partial charge in [0.25, 0.3) is 5.91 Å². The van der Waals surface area contributed by atoms with E-state index in [0.29, 0.717) is 18.0 Å². The smallest absolute Gasteiger partial charge is 0.257 e. The van der Waals surface area contributed by atoms with Crippen LogP contribution in [-0.2, 0) is 4.79 Å². The van der Waals surface area contributed by atoms with Gasteiger partial charge in [0, 0.05) is 36.9 Å². The molecule has 0 bridgehead atoms. The zero-order chi connectivity index (χ0) is 21.7. The van der Waals surface area contributed by atoms with Crippen LogP contribution in [0.2, 0.25) is 0 Å². The van der Waals surface area contributed by atoms with Gasteiger partial charge in [0.2, 0.25) is 5.91 Å². The maximum Gasteiger partial charge on any atom is 0.257 e. The summed E-state index contributed by atoms with van der Waals surface area (Å²) in [5.74, 6) is 1.19. The van der Waals surface area contributed by atoms with Crippen molar-refractivity contribution in [2.75, 3.05) is 29.9 Å². The van der Waals surface area contributed by atoms with Crippen LogP contribution in [0.1, 0.15) is 49.5 Å². The Morgan fingerprint density at radius 2 is 1.87 bits per heavy atom. The molecule has 1 atom stereocenters. The van der Waals surface area contributed by atoms with Gasteiger partial charge >= 0.3 is 0 Å². The molecule has 2 amide bonds. The largest absolute Gasteiger partial charge is 0.356 e. The molecule has 2 heterocycles. The third-order valence-corrected chi connectivity index (χ3v) is 5.39. The molecule has 3 rings (SSSR count). The monoisotopic (exact) mass is 408 g/mol. The Balaban J connectivity index is 1.56. The van der Waals surface area contributed by atoms with Gasteiger partial charge in [0.15, 0.2) is 0 Å². The topological polar surface area (TPSA) is 74.3 Å². The van der Waals surface area contributed by atoms with Gasteiger partial charge in [-0.1, -0.05) is 38.5 Å². The van der Waals surface area contributed by atoms with Crippen molar-refractivity contribution in [3.63, 3.8) is 0 Å². The van der Waals surface area contributed by atoms with Crippen LogP contribution in [0.4, 0.5) is 11.5 Å². The molecule has 1 aromatic heterocycles. The number of anilines is 2. The van der Waals surface area contributed by atoms with Crippen molar-refractivity contribution in [1.82, 2.24) is 10.3 Å². The van der Waals surface area contributed by atoms with Crippen LogP contribution in [0.5, 0.6) is 0 Å². The van der Waals surface area contributed by atoms with Crippen LogP contribution in [-0.4, -0.2) is 36.4 Å². The van der Waals surface area contributed by atoms with Crippen LogP contribution >= 0.6 is 0 Å². The summed E-state index contributed by atoms with van der Waals surface area (Å²) in [6, 6.07) is 11.4. The molecule has 6 heteroatoms. The average molecular weight is 409 g/mol. The first-order valence-electron chi connectivity index (χ1n) is 10.6. The van der Waals surface area contributed by atoms with E-state index in [9.17, 15) is 9.59 Å². The minimum absolute atomic E-state index is 0.0849. The van der Waals surface area contributed by atoms with Gasteiger partial charge < -0.3 is 15.5 Å². The number of piperidine rings is 1. The summed E-state index contributed by atoms with van der Waals surface area (Å²) in [5.41, 5.74) is 2.08. The van der Waals surface area contributed by atoms with E-state index >= 15 is 0 Å². The lowest BCUT2D eigenvalue weighted by molar-refractivity contribution is -0.128. The molecule has 1 fully saturated rings. The summed E-state index contributed by atoms with van der Waals surface area (Å²) >= 11 is 0. The second kappa shape index (κ2) is 9.28. The van der Waals surface area contributed by atoms with Crippen molar-refractivity contribution in [3.8, 4) is 0 Å². The number of hydrogen-bond acceptors (Lipinski definition) is 4. The predicted molar refractivity (Wildman–Crippen MR) is 121 cm³/mol. The van der Waals surface area contributed by atoms with Crippen molar-refractivity contribution in [1.29, 1.82) is 0 Å². The Hall–Kier alpha value is -2.89. The molecule has 2 N–H and O–H groups in total. The lowest BCUT2D eigenvalue weighted by atomic mass is 9.94. The molecule has 30 heavy (non-hydrogen) atoms. The van der Waals surface area contributed by atoms with E-state index in [1.807, 2.05) is 64.1 Å². The molecule has 6 nitrogen and oxygen atoms in total. The minimum Gasteiger partial charge on any atom is -0.356 e. The molecule has 1 aliphatic heterocycles. The Kier molecular flexibility index (Phi) is 6.75. The minimum atomic E-state index is -0.370. The van der Waals surface area contributed by atoms with Crippen LogP contribution in [0.3, 0.4) is 0 Å². The Bertz CT molecular complexity index is 870. The lowest BCUT2D eigenvalue weighted by Crippen LogP contribution is -2.43. The Labute approximate surface area is 179 Å². The molecule has 1 saturated heterocycles. The summed E-state index contributed by atoms with van der Waals surface area (Å²) in [6.07, 6.45) is 3.79. The van der Waals surface area contributed by atoms with E-state index < -0.39 is 0 Å². The number of hydrogen-bond donors (Lipinski definition) is 2. The van der Waals surface area contributed by atoms with Gasteiger partial charge in [0.1, 0.15) is 5.82 Å². The lowest BCUT2D eigenvalue weighted by Gasteiger charge is -2.34. The summed E-state index contributed by atoms with van der Waals surface area (Å²) in [5, 5.41) is 5.97. The van der Waals surface area contributed by atoms with Gasteiger partial charge in [-0.3, -0.25) is 9.59 Å². The highest BCUT2D eigenvalue weighted by molar-refractivity contribution is 6.04. The second-order valence-corrected chi connectivity index (χ2v) is 9.14. The quantitative estimate of drug-likeness (QED) is 0.784. The number of aryl methyl sites for hydroxylation is 1. The van der Waals surface area contributed by atoms with Crippen molar-refractivity contribution in [2.24, 2.45) is 11.3 Å². The molecule has 0 saturated carbocycles.